The summed E-state index contributed by atoms with van der Waals surface area (Å²) in [5.41, 5.74) is 0.607. The molecule has 0 amide bonds. The zero-order chi connectivity index (χ0) is 10.7. The monoisotopic (exact) mass is 210 g/mol. The lowest BCUT2D eigenvalue weighted by atomic mass is 9.68. The minimum atomic E-state index is -0.238. The van der Waals surface area contributed by atoms with E-state index in [4.69, 9.17) is 9.47 Å². The van der Waals surface area contributed by atoms with Gasteiger partial charge in [0.2, 0.25) is 0 Å². The summed E-state index contributed by atoms with van der Waals surface area (Å²) < 4.78 is 12.2. The van der Waals surface area contributed by atoms with E-state index in [1.807, 2.05) is 0 Å². The van der Waals surface area contributed by atoms with Crippen LogP contribution in [0.1, 0.15) is 46.5 Å². The molecule has 2 saturated carbocycles. The molecule has 86 valence electrons. The largest absolute Gasteiger partial charge is 0.349 e. The number of fused-ring (bicyclic) bond motifs is 3. The van der Waals surface area contributed by atoms with Crippen molar-refractivity contribution in [1.82, 2.24) is 0 Å². The van der Waals surface area contributed by atoms with Gasteiger partial charge in [-0.3, -0.25) is 0 Å². The van der Waals surface area contributed by atoms with Crippen molar-refractivity contribution in [3.8, 4) is 0 Å². The molecule has 2 atom stereocenters. The van der Waals surface area contributed by atoms with Gasteiger partial charge >= 0.3 is 0 Å². The number of ether oxygens (including phenoxy) is 2. The Hall–Kier alpha value is -0.0800. The second kappa shape index (κ2) is 2.78. The second-order valence-corrected chi connectivity index (χ2v) is 6.30. The molecule has 15 heavy (non-hydrogen) atoms. The lowest BCUT2D eigenvalue weighted by molar-refractivity contribution is -0.322. The van der Waals surface area contributed by atoms with Gasteiger partial charge in [-0.1, -0.05) is 20.8 Å². The van der Waals surface area contributed by atoms with Crippen LogP contribution in [-0.4, -0.2) is 19.0 Å². The van der Waals surface area contributed by atoms with E-state index < -0.39 is 0 Å². The summed E-state index contributed by atoms with van der Waals surface area (Å²) in [6.45, 7) is 8.96. The molecule has 0 radical (unpaired) electrons. The summed E-state index contributed by atoms with van der Waals surface area (Å²) in [6, 6.07) is 0. The van der Waals surface area contributed by atoms with Gasteiger partial charge in [0.05, 0.1) is 13.2 Å². The molecule has 0 aromatic rings. The van der Waals surface area contributed by atoms with E-state index in [0.717, 1.165) is 32.0 Å². The summed E-state index contributed by atoms with van der Waals surface area (Å²) >= 11 is 0. The van der Waals surface area contributed by atoms with Crippen molar-refractivity contribution in [3.63, 3.8) is 0 Å². The minimum absolute atomic E-state index is 0.227. The van der Waals surface area contributed by atoms with Crippen LogP contribution in [0.5, 0.6) is 0 Å². The quantitative estimate of drug-likeness (QED) is 0.612. The second-order valence-electron chi connectivity index (χ2n) is 6.30. The van der Waals surface area contributed by atoms with Crippen molar-refractivity contribution >= 4 is 0 Å². The van der Waals surface area contributed by atoms with E-state index in [1.54, 1.807) is 0 Å². The van der Waals surface area contributed by atoms with Crippen LogP contribution in [0.25, 0.3) is 0 Å². The van der Waals surface area contributed by atoms with Crippen molar-refractivity contribution in [2.24, 2.45) is 16.7 Å². The van der Waals surface area contributed by atoms with Gasteiger partial charge in [0.25, 0.3) is 0 Å². The Labute approximate surface area is 92.3 Å². The normalized spacial score (nSPS) is 46.2. The Morgan fingerprint density at radius 2 is 1.73 bits per heavy atom. The van der Waals surface area contributed by atoms with Crippen LogP contribution in [-0.2, 0) is 9.47 Å². The maximum absolute atomic E-state index is 6.08. The van der Waals surface area contributed by atoms with Crippen LogP contribution >= 0.6 is 0 Å². The highest BCUT2D eigenvalue weighted by Gasteiger charge is 2.70. The molecular formula is C13H22O2. The van der Waals surface area contributed by atoms with Gasteiger partial charge in [-0.2, -0.15) is 0 Å². The minimum Gasteiger partial charge on any atom is -0.349 e. The molecule has 3 aliphatic rings. The van der Waals surface area contributed by atoms with Gasteiger partial charge in [0.1, 0.15) is 0 Å². The molecule has 0 aromatic carbocycles. The van der Waals surface area contributed by atoms with Crippen LogP contribution < -0.4 is 0 Å². The molecule has 0 aromatic heterocycles. The third-order valence-corrected chi connectivity index (χ3v) is 5.75. The fourth-order valence-corrected chi connectivity index (χ4v) is 4.20. The number of hydrogen-bond acceptors (Lipinski definition) is 2. The van der Waals surface area contributed by atoms with E-state index in [1.165, 1.54) is 12.8 Å². The Bertz CT molecular complexity index is 278. The molecule has 1 saturated heterocycles. The molecule has 1 aliphatic heterocycles. The molecule has 3 fully saturated rings. The standard InChI is InChI=1S/C13H22O2/c1-11(2)10-5-6-12(11,3)13(9-10)14-7-4-8-15-13/h10H,4-9H2,1-3H3/t10-,12-/m0/s1. The summed E-state index contributed by atoms with van der Waals surface area (Å²) in [7, 11) is 0. The van der Waals surface area contributed by atoms with Gasteiger partial charge in [-0.05, 0) is 30.6 Å². The molecule has 1 spiro atoms. The van der Waals surface area contributed by atoms with Crippen LogP contribution in [0.15, 0.2) is 0 Å². The first-order valence-corrected chi connectivity index (χ1v) is 6.30. The molecule has 2 bridgehead atoms. The molecule has 1 heterocycles. The van der Waals surface area contributed by atoms with Gasteiger partial charge < -0.3 is 9.47 Å². The molecule has 2 heteroatoms. The lowest BCUT2D eigenvalue weighted by Gasteiger charge is -2.49. The van der Waals surface area contributed by atoms with Crippen molar-refractivity contribution in [2.45, 2.75) is 52.2 Å². The van der Waals surface area contributed by atoms with Gasteiger partial charge in [0.15, 0.2) is 5.79 Å². The molecule has 0 unspecified atom stereocenters. The Kier molecular flexibility index (Phi) is 1.87. The maximum Gasteiger partial charge on any atom is 0.174 e. The topological polar surface area (TPSA) is 18.5 Å². The van der Waals surface area contributed by atoms with Crippen LogP contribution in [0.4, 0.5) is 0 Å². The fraction of sp³-hybridized carbons (Fsp3) is 1.00. The molecule has 2 aliphatic carbocycles. The summed E-state index contributed by atoms with van der Waals surface area (Å²) in [4.78, 5) is 0. The highest BCUT2D eigenvalue weighted by molar-refractivity contribution is 5.15. The molecular weight excluding hydrogens is 188 g/mol. The van der Waals surface area contributed by atoms with Gasteiger partial charge in [-0.15, -0.1) is 0 Å². The lowest BCUT2D eigenvalue weighted by Crippen LogP contribution is -2.53. The van der Waals surface area contributed by atoms with E-state index in [9.17, 15) is 0 Å². The third kappa shape index (κ3) is 0.980. The zero-order valence-electron chi connectivity index (χ0n) is 10.1. The average molecular weight is 210 g/mol. The van der Waals surface area contributed by atoms with Crippen molar-refractivity contribution in [3.05, 3.63) is 0 Å². The van der Waals surface area contributed by atoms with Crippen molar-refractivity contribution in [1.29, 1.82) is 0 Å². The van der Waals surface area contributed by atoms with Gasteiger partial charge in [0, 0.05) is 11.8 Å². The fourth-order valence-electron chi connectivity index (χ4n) is 4.20. The van der Waals surface area contributed by atoms with Crippen LogP contribution in [0.3, 0.4) is 0 Å². The first kappa shape index (κ1) is 10.1. The summed E-state index contributed by atoms with van der Waals surface area (Å²) in [5.74, 6) is 0.554. The van der Waals surface area contributed by atoms with Crippen LogP contribution in [0.2, 0.25) is 0 Å². The number of hydrogen-bond donors (Lipinski definition) is 0. The third-order valence-electron chi connectivity index (χ3n) is 5.75. The van der Waals surface area contributed by atoms with E-state index in [0.29, 0.717) is 5.41 Å². The molecule has 0 N–H and O–H groups in total. The van der Waals surface area contributed by atoms with Crippen LogP contribution in [0, 0.1) is 16.7 Å². The predicted molar refractivity (Wildman–Crippen MR) is 58.5 cm³/mol. The average Bonchev–Trinajstić information content (AvgIpc) is 2.51. The molecule has 3 rings (SSSR count). The van der Waals surface area contributed by atoms with E-state index >= 15 is 0 Å². The Balaban J connectivity index is 2.00. The Morgan fingerprint density at radius 3 is 2.20 bits per heavy atom. The van der Waals surface area contributed by atoms with Crippen molar-refractivity contribution in [2.75, 3.05) is 13.2 Å². The highest BCUT2D eigenvalue weighted by atomic mass is 16.7. The molecule has 2 nitrogen and oxygen atoms in total. The zero-order valence-corrected chi connectivity index (χ0v) is 10.1. The first-order valence-electron chi connectivity index (χ1n) is 6.30. The maximum atomic E-state index is 6.08. The van der Waals surface area contributed by atoms with E-state index in [-0.39, 0.29) is 11.2 Å². The van der Waals surface area contributed by atoms with Crippen molar-refractivity contribution < 1.29 is 9.47 Å². The SMILES string of the molecule is CC1(C)[C@H]2CC[C@]1(C)C1(C2)OCCCO1. The Morgan fingerprint density at radius 1 is 1.07 bits per heavy atom. The van der Waals surface area contributed by atoms with E-state index in [2.05, 4.69) is 20.8 Å². The van der Waals surface area contributed by atoms with Gasteiger partial charge in [-0.25, -0.2) is 0 Å². The predicted octanol–water partition coefficient (Wildman–Crippen LogP) is 2.97. The summed E-state index contributed by atoms with van der Waals surface area (Å²) in [6.07, 6.45) is 4.81. The first-order chi connectivity index (χ1) is 7.02. The smallest absolute Gasteiger partial charge is 0.174 e. The highest BCUT2D eigenvalue weighted by Crippen LogP contribution is 2.71. The number of rotatable bonds is 0. The summed E-state index contributed by atoms with van der Waals surface area (Å²) in [5, 5.41) is 0.